The Kier molecular flexibility index (Phi) is 3.58. The summed E-state index contributed by atoms with van der Waals surface area (Å²) in [4.78, 5) is 38.6. The predicted octanol–water partition coefficient (Wildman–Crippen LogP) is 2.51. The van der Waals surface area contributed by atoms with Gasteiger partial charge in [-0.1, -0.05) is 5.16 Å². The number of fused-ring (bicyclic) bond motifs is 1. The number of imide groups is 1. The fourth-order valence-corrected chi connectivity index (χ4v) is 3.83. The summed E-state index contributed by atoms with van der Waals surface area (Å²) in [6, 6.07) is 3.90. The van der Waals surface area contributed by atoms with Crippen LogP contribution in [0.3, 0.4) is 0 Å². The number of halogens is 1. The number of oxazole rings is 1. The van der Waals surface area contributed by atoms with Crippen LogP contribution < -0.4 is 10.7 Å². The van der Waals surface area contributed by atoms with Gasteiger partial charge in [0.15, 0.2) is 11.4 Å². The maximum Gasteiger partial charge on any atom is 0.420 e. The summed E-state index contributed by atoms with van der Waals surface area (Å²) >= 11 is 0. The Bertz CT molecular complexity index is 1190. The zero-order valence-electron chi connectivity index (χ0n) is 14.6. The van der Waals surface area contributed by atoms with Crippen LogP contribution in [0.4, 0.5) is 10.1 Å². The van der Waals surface area contributed by atoms with Gasteiger partial charge in [0.05, 0.1) is 17.7 Å². The fourth-order valence-electron chi connectivity index (χ4n) is 3.83. The number of rotatable bonds is 3. The molecule has 0 saturated carbocycles. The van der Waals surface area contributed by atoms with Gasteiger partial charge in [0.1, 0.15) is 12.0 Å². The molecule has 3 heterocycles. The van der Waals surface area contributed by atoms with Crippen LogP contribution >= 0.6 is 0 Å². The molecule has 2 aromatic heterocycles. The van der Waals surface area contributed by atoms with Crippen molar-refractivity contribution in [3.05, 3.63) is 57.7 Å². The van der Waals surface area contributed by atoms with Crippen molar-refractivity contribution in [1.29, 1.82) is 0 Å². The van der Waals surface area contributed by atoms with Crippen LogP contribution in [0.25, 0.3) is 11.1 Å². The normalized spacial score (nSPS) is 17.1. The van der Waals surface area contributed by atoms with Crippen LogP contribution in [0.15, 0.2) is 49.3 Å². The van der Waals surface area contributed by atoms with Crippen molar-refractivity contribution in [3.63, 3.8) is 0 Å². The molecular formula is C19H14FN3O5. The molecule has 1 aliphatic heterocycles. The highest BCUT2D eigenvalue weighted by atomic mass is 19.1. The number of carbonyl (C=O) groups excluding carboxylic acids is 2. The number of benzene rings is 1. The summed E-state index contributed by atoms with van der Waals surface area (Å²) in [5.41, 5.74) is 1.49. The van der Waals surface area contributed by atoms with E-state index in [0.29, 0.717) is 29.7 Å². The van der Waals surface area contributed by atoms with Crippen LogP contribution in [0.2, 0.25) is 0 Å². The number of hydrogen-bond acceptors (Lipinski definition) is 6. The zero-order valence-corrected chi connectivity index (χ0v) is 14.6. The van der Waals surface area contributed by atoms with Gasteiger partial charge in [-0.05, 0) is 31.7 Å². The van der Waals surface area contributed by atoms with E-state index in [1.54, 1.807) is 6.07 Å². The van der Waals surface area contributed by atoms with E-state index in [1.165, 1.54) is 16.9 Å². The smallest absolute Gasteiger partial charge is 0.408 e. The Morgan fingerprint density at radius 3 is 2.43 bits per heavy atom. The van der Waals surface area contributed by atoms with Crippen molar-refractivity contribution in [2.24, 2.45) is 0 Å². The Hall–Kier alpha value is -3.49. The molecule has 1 aliphatic carbocycles. The maximum absolute atomic E-state index is 14.8. The number of hydrogen-bond donors (Lipinski definition) is 0. The monoisotopic (exact) mass is 383 g/mol. The molecule has 0 spiro atoms. The van der Waals surface area contributed by atoms with E-state index >= 15 is 0 Å². The van der Waals surface area contributed by atoms with E-state index in [-0.39, 0.29) is 23.3 Å². The van der Waals surface area contributed by atoms with Crippen LogP contribution in [-0.2, 0) is 16.1 Å². The zero-order chi connectivity index (χ0) is 19.4. The van der Waals surface area contributed by atoms with Crippen molar-refractivity contribution in [2.45, 2.75) is 32.2 Å². The summed E-state index contributed by atoms with van der Waals surface area (Å²) in [6.45, 7) is 0.0457. The van der Waals surface area contributed by atoms with Gasteiger partial charge in [0.2, 0.25) is 0 Å². The molecule has 9 heteroatoms. The lowest BCUT2D eigenvalue weighted by Gasteiger charge is -2.16. The Morgan fingerprint density at radius 1 is 1.07 bits per heavy atom. The predicted molar refractivity (Wildman–Crippen MR) is 94.0 cm³/mol. The highest BCUT2D eigenvalue weighted by Gasteiger charge is 2.41. The van der Waals surface area contributed by atoms with Crippen LogP contribution in [-0.4, -0.2) is 21.5 Å². The Morgan fingerprint density at radius 2 is 1.79 bits per heavy atom. The molecule has 0 bridgehead atoms. The van der Waals surface area contributed by atoms with Crippen LogP contribution in [0.5, 0.6) is 0 Å². The van der Waals surface area contributed by atoms with Crippen LogP contribution in [0.1, 0.15) is 31.4 Å². The molecule has 2 amide bonds. The largest absolute Gasteiger partial charge is 0.420 e. The summed E-state index contributed by atoms with van der Waals surface area (Å²) in [5, 5.41) is 3.75. The SMILES string of the molecule is O=C1C2=C(CCCC2)C(=O)N1c1cc2c(cc1F)oc(=O)n2Cc1ccon1. The molecule has 0 atom stereocenters. The minimum Gasteiger partial charge on any atom is -0.408 e. The first-order valence-corrected chi connectivity index (χ1v) is 8.87. The first-order valence-electron chi connectivity index (χ1n) is 8.87. The van der Waals surface area contributed by atoms with Crippen LogP contribution in [0, 0.1) is 5.82 Å². The van der Waals surface area contributed by atoms with Gasteiger partial charge >= 0.3 is 5.76 Å². The minimum atomic E-state index is -0.809. The minimum absolute atomic E-state index is 0.0200. The van der Waals surface area contributed by atoms with Gasteiger partial charge < -0.3 is 8.94 Å². The summed E-state index contributed by atoms with van der Waals surface area (Å²) in [6.07, 6.45) is 4.05. The van der Waals surface area contributed by atoms with Crippen molar-refractivity contribution < 1.29 is 22.9 Å². The lowest BCUT2D eigenvalue weighted by Crippen LogP contribution is -2.32. The summed E-state index contributed by atoms with van der Waals surface area (Å²) in [5.74, 6) is -2.50. The number of aromatic nitrogens is 2. The van der Waals surface area contributed by atoms with Gasteiger partial charge in [0, 0.05) is 23.3 Å². The first-order chi connectivity index (χ1) is 13.5. The van der Waals surface area contributed by atoms with Gasteiger partial charge in [-0.3, -0.25) is 14.2 Å². The van der Waals surface area contributed by atoms with Gasteiger partial charge in [-0.15, -0.1) is 0 Å². The van der Waals surface area contributed by atoms with E-state index in [2.05, 4.69) is 5.16 Å². The van der Waals surface area contributed by atoms with Crippen molar-refractivity contribution in [3.8, 4) is 0 Å². The van der Waals surface area contributed by atoms with E-state index in [0.717, 1.165) is 23.8 Å². The lowest BCUT2D eigenvalue weighted by molar-refractivity contribution is -0.120. The molecule has 0 saturated heterocycles. The third-order valence-corrected chi connectivity index (χ3v) is 5.18. The molecule has 0 N–H and O–H groups in total. The number of anilines is 1. The number of nitrogens with zero attached hydrogens (tertiary/aromatic N) is 3. The highest BCUT2D eigenvalue weighted by Crippen LogP contribution is 2.37. The highest BCUT2D eigenvalue weighted by molar-refractivity contribution is 6.33. The molecule has 28 heavy (non-hydrogen) atoms. The molecule has 8 nitrogen and oxygen atoms in total. The van der Waals surface area contributed by atoms with Gasteiger partial charge in [0.25, 0.3) is 11.8 Å². The summed E-state index contributed by atoms with van der Waals surface area (Å²) < 4.78 is 25.9. The Labute approximate surface area is 156 Å². The second-order valence-electron chi connectivity index (χ2n) is 6.83. The Balaban J connectivity index is 1.63. The average Bonchev–Trinajstić information content (AvgIpc) is 3.36. The second kappa shape index (κ2) is 6.01. The van der Waals surface area contributed by atoms with Gasteiger partial charge in [-0.2, -0.15) is 0 Å². The van der Waals surface area contributed by atoms with E-state index in [4.69, 9.17) is 8.94 Å². The molecule has 1 aromatic carbocycles. The molecule has 0 unspecified atom stereocenters. The number of carbonyl (C=O) groups is 2. The number of amides is 2. The van der Waals surface area contributed by atoms with E-state index in [9.17, 15) is 18.8 Å². The molecule has 3 aromatic rings. The fraction of sp³-hybridized carbons (Fsp3) is 0.263. The third kappa shape index (κ3) is 2.35. The quantitative estimate of drug-likeness (QED) is 0.645. The van der Waals surface area contributed by atoms with E-state index < -0.39 is 23.4 Å². The van der Waals surface area contributed by atoms with Gasteiger partial charge in [-0.25, -0.2) is 14.1 Å². The second-order valence-corrected chi connectivity index (χ2v) is 6.83. The van der Waals surface area contributed by atoms with Crippen molar-refractivity contribution in [1.82, 2.24) is 9.72 Å². The molecule has 0 fully saturated rings. The van der Waals surface area contributed by atoms with E-state index in [1.807, 2.05) is 0 Å². The average molecular weight is 383 g/mol. The third-order valence-electron chi connectivity index (χ3n) is 5.18. The van der Waals surface area contributed by atoms with Crippen molar-refractivity contribution >= 4 is 28.6 Å². The summed E-state index contributed by atoms with van der Waals surface area (Å²) in [7, 11) is 0. The maximum atomic E-state index is 14.8. The standard InChI is InChI=1S/C19H14FN3O5/c20-13-7-16-15(22(19(26)28-16)9-10-5-6-27-21-10)8-14(13)23-17(24)11-3-1-2-4-12(11)18(23)25/h5-8H,1-4,9H2. The molecular weight excluding hydrogens is 369 g/mol. The molecule has 2 aliphatic rings. The molecule has 5 rings (SSSR count). The first kappa shape index (κ1) is 16.7. The molecule has 0 radical (unpaired) electrons. The topological polar surface area (TPSA) is 98.6 Å². The lowest BCUT2D eigenvalue weighted by atomic mass is 9.93. The van der Waals surface area contributed by atoms with Crippen molar-refractivity contribution in [2.75, 3.05) is 4.90 Å². The molecule has 142 valence electrons.